The topological polar surface area (TPSA) is 63.4 Å². The van der Waals surface area contributed by atoms with Crippen molar-refractivity contribution in [1.82, 2.24) is 10.3 Å². The van der Waals surface area contributed by atoms with Crippen LogP contribution >= 0.6 is 0 Å². The normalized spacial score (nSPS) is 23.4. The van der Waals surface area contributed by atoms with Gasteiger partial charge in [-0.3, -0.25) is 4.79 Å². The molecule has 0 radical (unpaired) electrons. The minimum atomic E-state index is -0.689. The number of hydrogen-bond donors (Lipinski definition) is 2. The molecule has 1 spiro atoms. The number of fused-ring (bicyclic) bond motifs is 1. The molecule has 2 N–H and O–H groups in total. The minimum absolute atomic E-state index is 0.178. The summed E-state index contributed by atoms with van der Waals surface area (Å²) in [6.07, 6.45) is 3.67. The first-order valence-corrected chi connectivity index (χ1v) is 8.04. The number of carbonyl (C=O) groups excluding carboxylic acids is 1. The van der Waals surface area contributed by atoms with Crippen LogP contribution in [0, 0.1) is 5.82 Å². The predicted octanol–water partition coefficient (Wildman–Crippen LogP) is 2.72. The average molecular weight is 318 g/mol. The van der Waals surface area contributed by atoms with Crippen LogP contribution < -0.4 is 5.32 Å². The SMILES string of the molecule is O=C(N[C@H]1CCCCC12OCCO2)c1cc2c(F)cccc2[nH]1. The van der Waals surface area contributed by atoms with Crippen molar-refractivity contribution >= 4 is 16.8 Å². The summed E-state index contributed by atoms with van der Waals surface area (Å²) < 4.78 is 25.4. The van der Waals surface area contributed by atoms with Crippen LogP contribution in [-0.2, 0) is 9.47 Å². The number of nitrogens with one attached hydrogen (secondary N) is 2. The van der Waals surface area contributed by atoms with Gasteiger partial charge in [0, 0.05) is 17.3 Å². The summed E-state index contributed by atoms with van der Waals surface area (Å²) in [5.41, 5.74) is 0.964. The van der Waals surface area contributed by atoms with Gasteiger partial charge in [-0.2, -0.15) is 0 Å². The molecule has 1 saturated carbocycles. The second-order valence-electron chi connectivity index (χ2n) is 6.16. The Morgan fingerprint density at radius 1 is 1.30 bits per heavy atom. The molecule has 2 fully saturated rings. The van der Waals surface area contributed by atoms with E-state index in [-0.39, 0.29) is 17.8 Å². The highest BCUT2D eigenvalue weighted by molar-refractivity contribution is 5.98. The van der Waals surface area contributed by atoms with E-state index in [0.717, 1.165) is 25.7 Å². The highest BCUT2D eigenvalue weighted by Gasteiger charge is 2.46. The summed E-state index contributed by atoms with van der Waals surface area (Å²) >= 11 is 0. The second-order valence-corrected chi connectivity index (χ2v) is 6.16. The van der Waals surface area contributed by atoms with E-state index in [4.69, 9.17) is 9.47 Å². The lowest BCUT2D eigenvalue weighted by Gasteiger charge is -2.39. The molecule has 0 unspecified atom stereocenters. The Kier molecular flexibility index (Phi) is 3.58. The van der Waals surface area contributed by atoms with Gasteiger partial charge in [-0.15, -0.1) is 0 Å². The molecule has 1 aromatic heterocycles. The summed E-state index contributed by atoms with van der Waals surface area (Å²) in [5.74, 6) is -1.29. The van der Waals surface area contributed by atoms with Gasteiger partial charge in [0.15, 0.2) is 5.79 Å². The molecule has 1 saturated heterocycles. The molecule has 2 heterocycles. The predicted molar refractivity (Wildman–Crippen MR) is 82.6 cm³/mol. The number of carbonyl (C=O) groups is 1. The number of halogens is 1. The molecule has 6 heteroatoms. The Morgan fingerprint density at radius 2 is 2.13 bits per heavy atom. The molecular formula is C17H19FN2O3. The maximum absolute atomic E-state index is 13.8. The van der Waals surface area contributed by atoms with Crippen LogP contribution in [0.5, 0.6) is 0 Å². The van der Waals surface area contributed by atoms with Crippen LogP contribution in [0.4, 0.5) is 4.39 Å². The van der Waals surface area contributed by atoms with E-state index in [0.29, 0.717) is 29.8 Å². The Morgan fingerprint density at radius 3 is 2.91 bits per heavy atom. The van der Waals surface area contributed by atoms with Crippen molar-refractivity contribution in [2.75, 3.05) is 13.2 Å². The van der Waals surface area contributed by atoms with E-state index in [1.165, 1.54) is 6.07 Å². The van der Waals surface area contributed by atoms with Gasteiger partial charge in [0.2, 0.25) is 0 Å². The molecule has 4 rings (SSSR count). The van der Waals surface area contributed by atoms with Gasteiger partial charge in [-0.1, -0.05) is 12.5 Å². The van der Waals surface area contributed by atoms with Gasteiger partial charge in [-0.05, 0) is 31.0 Å². The van der Waals surface area contributed by atoms with Gasteiger partial charge >= 0.3 is 0 Å². The Labute approximate surface area is 133 Å². The summed E-state index contributed by atoms with van der Waals surface area (Å²) in [7, 11) is 0. The maximum atomic E-state index is 13.8. The van der Waals surface area contributed by atoms with Crippen molar-refractivity contribution in [2.24, 2.45) is 0 Å². The van der Waals surface area contributed by atoms with Gasteiger partial charge in [0.25, 0.3) is 5.91 Å². The molecule has 2 aromatic rings. The number of benzene rings is 1. The number of rotatable bonds is 2. The lowest BCUT2D eigenvalue weighted by molar-refractivity contribution is -0.192. The fraction of sp³-hybridized carbons (Fsp3) is 0.471. The highest BCUT2D eigenvalue weighted by atomic mass is 19.1. The van der Waals surface area contributed by atoms with Gasteiger partial charge < -0.3 is 19.8 Å². The number of ether oxygens (including phenoxy) is 2. The molecule has 2 aliphatic rings. The third-order valence-corrected chi connectivity index (χ3v) is 4.74. The van der Waals surface area contributed by atoms with Crippen molar-refractivity contribution in [2.45, 2.75) is 37.5 Å². The van der Waals surface area contributed by atoms with E-state index >= 15 is 0 Å². The Bertz CT molecular complexity index is 737. The van der Waals surface area contributed by atoms with E-state index in [1.54, 1.807) is 18.2 Å². The van der Waals surface area contributed by atoms with Crippen LogP contribution in [0.25, 0.3) is 10.9 Å². The number of hydrogen-bond acceptors (Lipinski definition) is 3. The smallest absolute Gasteiger partial charge is 0.268 e. The van der Waals surface area contributed by atoms with E-state index < -0.39 is 5.79 Å². The van der Waals surface area contributed by atoms with Gasteiger partial charge in [-0.25, -0.2) is 4.39 Å². The standard InChI is InChI=1S/C17H19FN2O3/c18-12-4-3-5-13-11(12)10-14(19-13)16(21)20-15-6-1-2-7-17(15)22-8-9-23-17/h3-5,10,15,19H,1-2,6-9H2,(H,20,21)/t15-/m0/s1. The van der Waals surface area contributed by atoms with Gasteiger partial charge in [0.1, 0.15) is 11.5 Å². The summed E-state index contributed by atoms with van der Waals surface area (Å²) in [6.45, 7) is 1.12. The average Bonchev–Trinajstić information content (AvgIpc) is 3.18. The van der Waals surface area contributed by atoms with E-state index in [2.05, 4.69) is 10.3 Å². The minimum Gasteiger partial charge on any atom is -0.350 e. The first kappa shape index (κ1) is 14.7. The van der Waals surface area contributed by atoms with E-state index in [9.17, 15) is 9.18 Å². The first-order chi connectivity index (χ1) is 11.2. The zero-order valence-corrected chi connectivity index (χ0v) is 12.7. The third-order valence-electron chi connectivity index (χ3n) is 4.74. The van der Waals surface area contributed by atoms with Crippen molar-refractivity contribution in [3.63, 3.8) is 0 Å². The molecule has 122 valence electrons. The summed E-state index contributed by atoms with van der Waals surface area (Å²) in [4.78, 5) is 15.5. The van der Waals surface area contributed by atoms with Crippen LogP contribution in [0.1, 0.15) is 36.2 Å². The highest BCUT2D eigenvalue weighted by Crippen LogP contribution is 2.36. The van der Waals surface area contributed by atoms with Crippen molar-refractivity contribution in [3.8, 4) is 0 Å². The fourth-order valence-corrected chi connectivity index (χ4v) is 3.59. The second kappa shape index (κ2) is 5.62. The third kappa shape index (κ3) is 2.52. The molecule has 5 nitrogen and oxygen atoms in total. The number of H-pyrrole nitrogens is 1. The molecule has 1 atom stereocenters. The lowest BCUT2D eigenvalue weighted by atomic mass is 9.89. The van der Waals surface area contributed by atoms with Crippen molar-refractivity contribution < 1.29 is 18.7 Å². The molecule has 1 aromatic carbocycles. The van der Waals surface area contributed by atoms with E-state index in [1.807, 2.05) is 0 Å². The molecule has 0 bridgehead atoms. The fourth-order valence-electron chi connectivity index (χ4n) is 3.59. The molecule has 1 aliphatic carbocycles. The zero-order valence-electron chi connectivity index (χ0n) is 12.7. The largest absolute Gasteiger partial charge is 0.350 e. The Hall–Kier alpha value is -1.92. The van der Waals surface area contributed by atoms with Gasteiger partial charge in [0.05, 0.1) is 19.3 Å². The van der Waals surface area contributed by atoms with Crippen LogP contribution in [0.2, 0.25) is 0 Å². The summed E-state index contributed by atoms with van der Waals surface area (Å²) in [5, 5.41) is 3.43. The lowest BCUT2D eigenvalue weighted by Crippen LogP contribution is -2.55. The Balaban J connectivity index is 1.57. The number of aromatic nitrogens is 1. The maximum Gasteiger partial charge on any atom is 0.268 e. The molecule has 23 heavy (non-hydrogen) atoms. The molecule has 1 aliphatic heterocycles. The molecule has 1 amide bonds. The zero-order chi connectivity index (χ0) is 15.9. The quantitative estimate of drug-likeness (QED) is 0.895. The van der Waals surface area contributed by atoms with Crippen LogP contribution in [-0.4, -0.2) is 35.9 Å². The van der Waals surface area contributed by atoms with Crippen LogP contribution in [0.3, 0.4) is 0 Å². The van der Waals surface area contributed by atoms with Crippen LogP contribution in [0.15, 0.2) is 24.3 Å². The molecular weight excluding hydrogens is 299 g/mol. The first-order valence-electron chi connectivity index (χ1n) is 8.04. The number of amides is 1. The summed E-state index contributed by atoms with van der Waals surface area (Å²) in [6, 6.07) is 6.12. The monoisotopic (exact) mass is 318 g/mol. The van der Waals surface area contributed by atoms with Crippen molar-refractivity contribution in [3.05, 3.63) is 35.8 Å². The number of aromatic amines is 1. The van der Waals surface area contributed by atoms with Crippen molar-refractivity contribution in [1.29, 1.82) is 0 Å².